The summed E-state index contributed by atoms with van der Waals surface area (Å²) < 4.78 is 10.6. The van der Waals surface area contributed by atoms with Crippen LogP contribution < -0.4 is 19.7 Å². The van der Waals surface area contributed by atoms with Crippen LogP contribution in [0.3, 0.4) is 0 Å². The zero-order chi connectivity index (χ0) is 20.2. The summed E-state index contributed by atoms with van der Waals surface area (Å²) in [7, 11) is 3.19. The van der Waals surface area contributed by atoms with Gasteiger partial charge in [-0.15, -0.1) is 0 Å². The quantitative estimate of drug-likeness (QED) is 0.791. The summed E-state index contributed by atoms with van der Waals surface area (Å²) in [5.41, 5.74) is 2.03. The molecule has 4 atom stereocenters. The molecule has 0 radical (unpaired) electrons. The van der Waals surface area contributed by atoms with Crippen LogP contribution >= 0.6 is 0 Å². The Kier molecular flexibility index (Phi) is 6.05. The first-order valence-corrected chi connectivity index (χ1v) is 10.6. The van der Waals surface area contributed by atoms with Crippen molar-refractivity contribution in [2.45, 2.75) is 56.8 Å². The van der Waals surface area contributed by atoms with Crippen molar-refractivity contribution in [3.63, 3.8) is 0 Å². The van der Waals surface area contributed by atoms with Gasteiger partial charge < -0.3 is 19.7 Å². The third kappa shape index (κ3) is 4.40. The van der Waals surface area contributed by atoms with E-state index in [1.54, 1.807) is 37.3 Å². The molecule has 1 amide bonds. The lowest BCUT2D eigenvalue weighted by Crippen LogP contribution is -3.20. The van der Waals surface area contributed by atoms with E-state index < -0.39 is 0 Å². The Hall–Kier alpha value is -2.53. The van der Waals surface area contributed by atoms with Gasteiger partial charge in [0.1, 0.15) is 6.54 Å². The van der Waals surface area contributed by atoms with Crippen molar-refractivity contribution < 1.29 is 19.2 Å². The van der Waals surface area contributed by atoms with Crippen molar-refractivity contribution in [1.29, 1.82) is 0 Å². The van der Waals surface area contributed by atoms with E-state index >= 15 is 0 Å². The summed E-state index contributed by atoms with van der Waals surface area (Å²) in [5.74, 6) is 1.19. The van der Waals surface area contributed by atoms with Gasteiger partial charge >= 0.3 is 0 Å². The van der Waals surface area contributed by atoms with E-state index in [9.17, 15) is 4.79 Å². The lowest BCUT2D eigenvalue weighted by atomic mass is 9.81. The molecule has 5 nitrogen and oxygen atoms in total. The molecule has 2 aliphatic heterocycles. The minimum Gasteiger partial charge on any atom is -0.493 e. The molecule has 2 unspecified atom stereocenters. The van der Waals surface area contributed by atoms with Gasteiger partial charge in [0.2, 0.25) is 0 Å². The van der Waals surface area contributed by atoms with Crippen LogP contribution in [0, 0.1) is 0 Å². The highest BCUT2D eigenvalue weighted by Gasteiger charge is 2.42. The minimum absolute atomic E-state index is 0.0273. The van der Waals surface area contributed by atoms with Crippen molar-refractivity contribution in [2.75, 3.05) is 14.2 Å². The normalized spacial score (nSPS) is 25.9. The number of carbonyl (C=O) groups is 1. The molecule has 5 heteroatoms. The van der Waals surface area contributed by atoms with E-state index in [4.69, 9.17) is 9.47 Å². The summed E-state index contributed by atoms with van der Waals surface area (Å²) in [6, 6.07) is 17.6. The van der Waals surface area contributed by atoms with Gasteiger partial charge in [0, 0.05) is 30.0 Å². The van der Waals surface area contributed by atoms with Gasteiger partial charge in [-0.25, -0.2) is 0 Å². The fraction of sp³-hybridized carbons (Fsp3) is 0.458. The zero-order valence-corrected chi connectivity index (χ0v) is 17.3. The number of benzene rings is 2. The average molecular weight is 396 g/mol. The van der Waals surface area contributed by atoms with E-state index in [1.807, 2.05) is 0 Å². The van der Waals surface area contributed by atoms with E-state index in [0.717, 1.165) is 19.4 Å². The van der Waals surface area contributed by atoms with Crippen molar-refractivity contribution >= 4 is 5.91 Å². The van der Waals surface area contributed by atoms with Crippen LogP contribution in [-0.2, 0) is 6.54 Å². The average Bonchev–Trinajstić information content (AvgIpc) is 2.74. The number of hydrogen-bond donors (Lipinski definition) is 2. The van der Waals surface area contributed by atoms with Crippen molar-refractivity contribution in [3.8, 4) is 11.5 Å². The van der Waals surface area contributed by atoms with Gasteiger partial charge in [-0.1, -0.05) is 30.3 Å². The SMILES string of the molecule is COc1ccc(C(=O)NC2C[C@H]3CCC[C@@H](C2)[NH+]3Cc2ccccc2)cc1OC. The Morgan fingerprint density at radius 3 is 2.34 bits per heavy atom. The second kappa shape index (κ2) is 8.87. The first kappa shape index (κ1) is 19.8. The molecule has 0 saturated carbocycles. The predicted octanol–water partition coefficient (Wildman–Crippen LogP) is 2.60. The lowest BCUT2D eigenvalue weighted by Gasteiger charge is -2.46. The number of hydrogen-bond acceptors (Lipinski definition) is 3. The summed E-state index contributed by atoms with van der Waals surface area (Å²) >= 11 is 0. The maximum atomic E-state index is 12.9. The topological polar surface area (TPSA) is 52.0 Å². The largest absolute Gasteiger partial charge is 0.493 e. The Morgan fingerprint density at radius 2 is 1.69 bits per heavy atom. The summed E-state index contributed by atoms with van der Waals surface area (Å²) in [4.78, 5) is 14.6. The fourth-order valence-corrected chi connectivity index (χ4v) is 5.12. The van der Waals surface area contributed by atoms with E-state index in [2.05, 4.69) is 35.6 Å². The van der Waals surface area contributed by atoms with Crippen LogP contribution in [0.15, 0.2) is 48.5 Å². The standard InChI is InChI=1S/C24H30N2O3/c1-28-22-12-11-18(13-23(22)29-2)24(27)25-19-14-20-9-6-10-21(15-19)26(20)16-17-7-4-3-5-8-17/h3-5,7-8,11-13,19-21H,6,9-10,14-16H2,1-2H3,(H,25,27)/p+1/t19?,20-,21+. The highest BCUT2D eigenvalue weighted by molar-refractivity contribution is 5.95. The number of rotatable bonds is 6. The third-order valence-corrected chi connectivity index (χ3v) is 6.52. The Bertz CT molecular complexity index is 825. The number of piperidine rings is 2. The Balaban J connectivity index is 1.42. The van der Waals surface area contributed by atoms with Gasteiger partial charge in [-0.05, 0) is 37.5 Å². The second-order valence-corrected chi connectivity index (χ2v) is 8.27. The second-order valence-electron chi connectivity index (χ2n) is 8.27. The van der Waals surface area contributed by atoms with E-state index in [1.165, 1.54) is 24.8 Å². The number of fused-ring (bicyclic) bond motifs is 2. The maximum absolute atomic E-state index is 12.9. The van der Waals surface area contributed by atoms with Crippen LogP contribution in [0.25, 0.3) is 0 Å². The maximum Gasteiger partial charge on any atom is 0.251 e. The molecule has 2 saturated heterocycles. The third-order valence-electron chi connectivity index (χ3n) is 6.52. The monoisotopic (exact) mass is 395 g/mol. The van der Waals surface area contributed by atoms with Gasteiger partial charge in [0.15, 0.2) is 11.5 Å². The number of carbonyl (C=O) groups excluding carboxylic acids is 1. The summed E-state index contributed by atoms with van der Waals surface area (Å²) in [5, 5.41) is 3.29. The summed E-state index contributed by atoms with van der Waals surface area (Å²) in [6.45, 7) is 1.09. The smallest absolute Gasteiger partial charge is 0.251 e. The highest BCUT2D eigenvalue weighted by atomic mass is 16.5. The molecular weight excluding hydrogens is 364 g/mol. The molecule has 4 rings (SSSR count). The van der Waals surface area contributed by atoms with Crippen LogP contribution in [0.4, 0.5) is 0 Å². The fourth-order valence-electron chi connectivity index (χ4n) is 5.12. The number of nitrogens with one attached hydrogen (secondary N) is 2. The molecule has 2 fully saturated rings. The van der Waals surface area contributed by atoms with Crippen LogP contribution in [0.5, 0.6) is 11.5 Å². The number of amides is 1. The van der Waals surface area contributed by atoms with E-state index in [0.29, 0.717) is 29.1 Å². The molecule has 2 aromatic carbocycles. The molecule has 154 valence electrons. The molecule has 0 spiro atoms. The highest BCUT2D eigenvalue weighted by Crippen LogP contribution is 2.28. The van der Waals surface area contributed by atoms with Crippen LogP contribution in [0.1, 0.15) is 48.0 Å². The zero-order valence-electron chi connectivity index (χ0n) is 17.3. The molecule has 0 aliphatic carbocycles. The van der Waals surface area contributed by atoms with Gasteiger partial charge in [-0.3, -0.25) is 4.79 Å². The molecule has 2 aliphatic rings. The van der Waals surface area contributed by atoms with Crippen molar-refractivity contribution in [3.05, 3.63) is 59.7 Å². The number of quaternary nitrogens is 1. The lowest BCUT2D eigenvalue weighted by molar-refractivity contribution is -0.973. The predicted molar refractivity (Wildman–Crippen MR) is 113 cm³/mol. The molecular formula is C24H31N2O3+. The number of methoxy groups -OCH3 is 2. The Labute approximate surface area is 173 Å². The minimum atomic E-state index is -0.0273. The molecule has 2 N–H and O–H groups in total. The van der Waals surface area contributed by atoms with Gasteiger partial charge in [0.05, 0.1) is 26.3 Å². The van der Waals surface area contributed by atoms with Crippen LogP contribution in [0.2, 0.25) is 0 Å². The van der Waals surface area contributed by atoms with Gasteiger partial charge in [-0.2, -0.15) is 0 Å². The van der Waals surface area contributed by atoms with Crippen molar-refractivity contribution in [1.82, 2.24) is 5.32 Å². The molecule has 29 heavy (non-hydrogen) atoms. The van der Waals surface area contributed by atoms with Gasteiger partial charge in [0.25, 0.3) is 5.91 Å². The first-order chi connectivity index (χ1) is 14.2. The molecule has 2 bridgehead atoms. The molecule has 2 aromatic rings. The number of ether oxygens (including phenoxy) is 2. The van der Waals surface area contributed by atoms with Crippen molar-refractivity contribution in [2.24, 2.45) is 0 Å². The van der Waals surface area contributed by atoms with E-state index in [-0.39, 0.29) is 11.9 Å². The van der Waals surface area contributed by atoms with Crippen LogP contribution in [-0.4, -0.2) is 38.3 Å². The Morgan fingerprint density at radius 1 is 1.00 bits per heavy atom. The first-order valence-electron chi connectivity index (χ1n) is 10.6. The molecule has 2 heterocycles. The summed E-state index contributed by atoms with van der Waals surface area (Å²) in [6.07, 6.45) is 5.92. The molecule has 0 aromatic heterocycles.